The topological polar surface area (TPSA) is 39.1 Å². The van der Waals surface area contributed by atoms with Gasteiger partial charge in [-0.2, -0.15) is 5.10 Å². The number of hydrogen-bond donors (Lipinski definition) is 1. The van der Waals surface area contributed by atoms with E-state index in [0.717, 1.165) is 45.7 Å². The van der Waals surface area contributed by atoms with Crippen LogP contribution in [-0.4, -0.2) is 29.5 Å². The van der Waals surface area contributed by atoms with Crippen molar-refractivity contribution in [1.82, 2.24) is 15.1 Å². The third-order valence-electron chi connectivity index (χ3n) is 3.93. The fourth-order valence-electron chi connectivity index (χ4n) is 2.85. The molecule has 1 aliphatic rings. The number of aryl methyl sites for hydroxylation is 1. The zero-order valence-electron chi connectivity index (χ0n) is 12.5. The van der Waals surface area contributed by atoms with Crippen LogP contribution in [0.3, 0.4) is 0 Å². The Labute approximate surface area is 116 Å². The fourth-order valence-corrected chi connectivity index (χ4v) is 2.85. The van der Waals surface area contributed by atoms with E-state index in [-0.39, 0.29) is 0 Å². The molecule has 1 N–H and O–H groups in total. The quantitative estimate of drug-likeness (QED) is 0.821. The molecule has 2 rings (SSSR count). The van der Waals surface area contributed by atoms with Crippen molar-refractivity contribution in [2.24, 2.45) is 5.92 Å². The summed E-state index contributed by atoms with van der Waals surface area (Å²) in [6.45, 7) is 11.4. The van der Waals surface area contributed by atoms with Crippen molar-refractivity contribution in [3.8, 4) is 0 Å². The third kappa shape index (κ3) is 3.37. The molecule has 0 saturated carbocycles. The van der Waals surface area contributed by atoms with Crippen molar-refractivity contribution in [3.63, 3.8) is 0 Å². The average molecular weight is 265 g/mol. The Bertz CT molecular complexity index is 394. The summed E-state index contributed by atoms with van der Waals surface area (Å²) in [7, 11) is 0. The first kappa shape index (κ1) is 14.5. The van der Waals surface area contributed by atoms with Crippen LogP contribution < -0.4 is 5.32 Å². The maximum atomic E-state index is 5.48. The molecule has 108 valence electrons. The fraction of sp³-hybridized carbons (Fsp3) is 0.800. The van der Waals surface area contributed by atoms with Gasteiger partial charge in [0.25, 0.3) is 0 Å². The van der Waals surface area contributed by atoms with Gasteiger partial charge in [-0.3, -0.25) is 4.68 Å². The molecule has 1 unspecified atom stereocenters. The van der Waals surface area contributed by atoms with Crippen molar-refractivity contribution < 1.29 is 4.74 Å². The second-order valence-electron chi connectivity index (χ2n) is 5.27. The van der Waals surface area contributed by atoms with E-state index < -0.39 is 0 Å². The molecule has 0 bridgehead atoms. The number of hydrogen-bond acceptors (Lipinski definition) is 3. The summed E-state index contributed by atoms with van der Waals surface area (Å²) < 4.78 is 7.72. The van der Waals surface area contributed by atoms with Gasteiger partial charge in [0.1, 0.15) is 0 Å². The highest BCUT2D eigenvalue weighted by Crippen LogP contribution is 2.20. The zero-order valence-corrected chi connectivity index (χ0v) is 12.5. The molecule has 1 atom stereocenters. The Balaban J connectivity index is 2.18. The van der Waals surface area contributed by atoms with Gasteiger partial charge >= 0.3 is 0 Å². The van der Waals surface area contributed by atoms with Crippen molar-refractivity contribution >= 4 is 0 Å². The molecule has 2 heterocycles. The van der Waals surface area contributed by atoms with Crippen molar-refractivity contribution in [1.29, 1.82) is 0 Å². The van der Waals surface area contributed by atoms with Crippen LogP contribution in [0.1, 0.15) is 44.1 Å². The predicted molar refractivity (Wildman–Crippen MR) is 77.3 cm³/mol. The van der Waals surface area contributed by atoms with Gasteiger partial charge in [0.2, 0.25) is 0 Å². The lowest BCUT2D eigenvalue weighted by Crippen LogP contribution is -2.16. The molecule has 0 amide bonds. The Morgan fingerprint density at radius 2 is 2.16 bits per heavy atom. The highest BCUT2D eigenvalue weighted by molar-refractivity contribution is 5.26. The molecule has 1 aromatic rings. The van der Waals surface area contributed by atoms with E-state index >= 15 is 0 Å². The third-order valence-corrected chi connectivity index (χ3v) is 3.93. The van der Waals surface area contributed by atoms with Gasteiger partial charge < -0.3 is 10.1 Å². The summed E-state index contributed by atoms with van der Waals surface area (Å²) in [6.07, 6.45) is 3.25. The normalized spacial score (nSPS) is 19.2. The smallest absolute Gasteiger partial charge is 0.0669 e. The average Bonchev–Trinajstić information content (AvgIpc) is 3.04. The highest BCUT2D eigenvalue weighted by Gasteiger charge is 2.20. The Kier molecular flexibility index (Phi) is 5.40. The summed E-state index contributed by atoms with van der Waals surface area (Å²) in [5.74, 6) is 0.641. The Morgan fingerprint density at radius 1 is 1.32 bits per heavy atom. The predicted octanol–water partition coefficient (Wildman–Crippen LogP) is 2.15. The molecular weight excluding hydrogens is 238 g/mol. The monoisotopic (exact) mass is 265 g/mol. The molecule has 0 spiro atoms. The number of aromatic nitrogens is 2. The minimum absolute atomic E-state index is 0.641. The summed E-state index contributed by atoms with van der Waals surface area (Å²) in [4.78, 5) is 0. The maximum Gasteiger partial charge on any atom is 0.0669 e. The van der Waals surface area contributed by atoms with Gasteiger partial charge in [0.15, 0.2) is 0 Å². The van der Waals surface area contributed by atoms with E-state index in [1.807, 2.05) is 0 Å². The summed E-state index contributed by atoms with van der Waals surface area (Å²) in [5.41, 5.74) is 4.09. The van der Waals surface area contributed by atoms with Crippen LogP contribution in [0.5, 0.6) is 0 Å². The lowest BCUT2D eigenvalue weighted by molar-refractivity contribution is 0.181. The molecule has 0 aliphatic carbocycles. The van der Waals surface area contributed by atoms with Crippen LogP contribution >= 0.6 is 0 Å². The molecule has 4 heteroatoms. The number of nitrogens with zero attached hydrogens (tertiary/aromatic N) is 2. The molecule has 0 aromatic carbocycles. The summed E-state index contributed by atoms with van der Waals surface area (Å²) >= 11 is 0. The number of rotatable bonds is 7. The van der Waals surface area contributed by atoms with Gasteiger partial charge in [-0.05, 0) is 25.8 Å². The highest BCUT2D eigenvalue weighted by atomic mass is 16.5. The van der Waals surface area contributed by atoms with Crippen LogP contribution in [0.25, 0.3) is 0 Å². The van der Waals surface area contributed by atoms with E-state index in [1.54, 1.807) is 0 Å². The maximum absolute atomic E-state index is 5.48. The van der Waals surface area contributed by atoms with Crippen LogP contribution in [0, 0.1) is 5.92 Å². The van der Waals surface area contributed by atoms with E-state index in [2.05, 4.69) is 30.8 Å². The lowest BCUT2D eigenvalue weighted by atomic mass is 10.1. The number of ether oxygens (including phenoxy) is 1. The second-order valence-corrected chi connectivity index (χ2v) is 5.27. The van der Waals surface area contributed by atoms with Crippen molar-refractivity contribution in [2.75, 3.05) is 19.8 Å². The van der Waals surface area contributed by atoms with Gasteiger partial charge in [-0.1, -0.05) is 20.8 Å². The summed E-state index contributed by atoms with van der Waals surface area (Å²) in [6, 6.07) is 0. The lowest BCUT2D eigenvalue weighted by Gasteiger charge is -2.11. The number of nitrogens with one attached hydrogen (secondary N) is 1. The molecule has 1 saturated heterocycles. The van der Waals surface area contributed by atoms with Crippen molar-refractivity contribution in [3.05, 3.63) is 17.0 Å². The van der Waals surface area contributed by atoms with Crippen LogP contribution in [0.4, 0.5) is 0 Å². The van der Waals surface area contributed by atoms with Crippen LogP contribution in [0.15, 0.2) is 0 Å². The standard InChI is InChI=1S/C15H27N3O/c1-4-14-13(9-16-6-3)15(5-2)18(17-14)10-12-7-8-19-11-12/h12,16H,4-11H2,1-3H3. The van der Waals surface area contributed by atoms with E-state index in [1.165, 1.54) is 23.4 Å². The molecule has 1 fully saturated rings. The summed E-state index contributed by atoms with van der Waals surface area (Å²) in [5, 5.41) is 8.28. The van der Waals surface area contributed by atoms with Gasteiger partial charge in [-0.25, -0.2) is 0 Å². The zero-order chi connectivity index (χ0) is 13.7. The molecule has 1 aliphatic heterocycles. The van der Waals surface area contributed by atoms with Crippen LogP contribution in [0.2, 0.25) is 0 Å². The Morgan fingerprint density at radius 3 is 2.74 bits per heavy atom. The molecule has 19 heavy (non-hydrogen) atoms. The molecule has 0 radical (unpaired) electrons. The minimum Gasteiger partial charge on any atom is -0.381 e. The van der Waals surface area contributed by atoms with Gasteiger partial charge in [0, 0.05) is 36.9 Å². The van der Waals surface area contributed by atoms with Gasteiger partial charge in [0.05, 0.1) is 12.3 Å². The second kappa shape index (κ2) is 7.06. The van der Waals surface area contributed by atoms with E-state index in [0.29, 0.717) is 5.92 Å². The minimum atomic E-state index is 0.641. The molecule has 1 aromatic heterocycles. The Hall–Kier alpha value is -0.870. The SMILES string of the molecule is CCNCc1c(CC)nn(CC2CCOC2)c1CC. The molecule has 4 nitrogen and oxygen atoms in total. The first-order chi connectivity index (χ1) is 9.30. The largest absolute Gasteiger partial charge is 0.381 e. The van der Waals surface area contributed by atoms with Gasteiger partial charge in [-0.15, -0.1) is 0 Å². The first-order valence-electron chi connectivity index (χ1n) is 7.65. The van der Waals surface area contributed by atoms with E-state index in [9.17, 15) is 0 Å². The van der Waals surface area contributed by atoms with E-state index in [4.69, 9.17) is 9.84 Å². The first-order valence-corrected chi connectivity index (χ1v) is 7.65. The van der Waals surface area contributed by atoms with Crippen LogP contribution in [-0.2, 0) is 30.7 Å². The van der Waals surface area contributed by atoms with Crippen molar-refractivity contribution in [2.45, 2.75) is 53.1 Å². The molecular formula is C15H27N3O.